The van der Waals surface area contributed by atoms with E-state index >= 15 is 0 Å². The molecule has 0 fully saturated rings. The summed E-state index contributed by atoms with van der Waals surface area (Å²) in [4.78, 5) is 10.2. The molecule has 2 aromatic carbocycles. The van der Waals surface area contributed by atoms with Gasteiger partial charge >= 0.3 is 7.82 Å². The van der Waals surface area contributed by atoms with Crippen molar-refractivity contribution in [3.8, 4) is 22.6 Å². The Balaban J connectivity index is 1.86. The zero-order valence-electron chi connectivity index (χ0n) is 14.1. The van der Waals surface area contributed by atoms with Crippen molar-refractivity contribution in [3.05, 3.63) is 46.5 Å². The zero-order valence-corrected chi connectivity index (χ0v) is 15.0. The Kier molecular flexibility index (Phi) is 3.48. The molecule has 0 spiro atoms. The number of phosphoric acid groups is 1. The van der Waals surface area contributed by atoms with E-state index in [0.717, 1.165) is 49.7 Å². The molecule has 0 saturated heterocycles. The fourth-order valence-corrected chi connectivity index (χ4v) is 5.42. The molecule has 0 amide bonds. The van der Waals surface area contributed by atoms with E-state index in [0.29, 0.717) is 11.5 Å². The summed E-state index contributed by atoms with van der Waals surface area (Å²) in [6, 6.07) is 7.80. The first-order valence-corrected chi connectivity index (χ1v) is 10.6. The van der Waals surface area contributed by atoms with E-state index in [1.165, 1.54) is 35.1 Å². The van der Waals surface area contributed by atoms with E-state index in [-0.39, 0.29) is 0 Å². The van der Waals surface area contributed by atoms with Gasteiger partial charge in [0.2, 0.25) is 0 Å². The zero-order chi connectivity index (χ0) is 17.0. The van der Waals surface area contributed by atoms with Crippen molar-refractivity contribution < 1.29 is 18.5 Å². The lowest BCUT2D eigenvalue weighted by Gasteiger charge is -2.25. The van der Waals surface area contributed by atoms with Crippen LogP contribution in [0.3, 0.4) is 0 Å². The first kappa shape index (κ1) is 15.5. The standard InChI is InChI=1S/C20H21O4P/c21-25(22)23-17-11-9-13-5-1-3-7-15(13)19(17)20-16-8-4-2-6-14(16)10-12-18(20)24-25/h9-12H,1-8H2,(H,21,22). The summed E-state index contributed by atoms with van der Waals surface area (Å²) in [5.41, 5.74) is 7.21. The lowest BCUT2D eigenvalue weighted by Crippen LogP contribution is -2.09. The lowest BCUT2D eigenvalue weighted by atomic mass is 9.80. The van der Waals surface area contributed by atoms with Gasteiger partial charge in [0.05, 0.1) is 0 Å². The smallest absolute Gasteiger partial charge is 0.395 e. The number of hydrogen-bond acceptors (Lipinski definition) is 3. The Morgan fingerprint density at radius 1 is 0.720 bits per heavy atom. The third kappa shape index (κ3) is 2.51. The topological polar surface area (TPSA) is 55.8 Å². The van der Waals surface area contributed by atoms with Gasteiger partial charge in [0.15, 0.2) is 0 Å². The molecule has 0 saturated carbocycles. The molecule has 1 N–H and O–H groups in total. The van der Waals surface area contributed by atoms with Crippen LogP contribution in [0.2, 0.25) is 0 Å². The lowest BCUT2D eigenvalue weighted by molar-refractivity contribution is 0.294. The Morgan fingerprint density at radius 3 is 1.64 bits per heavy atom. The van der Waals surface area contributed by atoms with Gasteiger partial charge in [-0.2, -0.15) is 0 Å². The third-order valence-corrected chi connectivity index (χ3v) is 6.52. The summed E-state index contributed by atoms with van der Waals surface area (Å²) in [7, 11) is -4.17. The van der Waals surface area contributed by atoms with Gasteiger partial charge in [-0.05, 0) is 85.8 Å². The van der Waals surface area contributed by atoms with E-state index in [4.69, 9.17) is 9.05 Å². The Bertz CT molecular complexity index is 847. The van der Waals surface area contributed by atoms with Crippen molar-refractivity contribution in [2.45, 2.75) is 51.4 Å². The summed E-state index contributed by atoms with van der Waals surface area (Å²) in [6.45, 7) is 0. The minimum absolute atomic E-state index is 0.490. The highest BCUT2D eigenvalue weighted by Gasteiger charge is 2.36. The molecule has 130 valence electrons. The van der Waals surface area contributed by atoms with Crippen LogP contribution in [0, 0.1) is 0 Å². The number of fused-ring (bicyclic) bond motifs is 7. The molecule has 5 heteroatoms. The normalized spacial score (nSPS) is 20.0. The van der Waals surface area contributed by atoms with Crippen LogP contribution in [-0.2, 0) is 30.2 Å². The highest BCUT2D eigenvalue weighted by atomic mass is 31.2. The van der Waals surface area contributed by atoms with Gasteiger partial charge in [0.25, 0.3) is 0 Å². The van der Waals surface area contributed by atoms with Crippen LogP contribution in [0.5, 0.6) is 11.5 Å². The number of phosphoric ester groups is 1. The van der Waals surface area contributed by atoms with Crippen LogP contribution in [0.4, 0.5) is 0 Å². The van der Waals surface area contributed by atoms with Crippen LogP contribution in [-0.4, -0.2) is 4.89 Å². The number of aryl methyl sites for hydroxylation is 2. The van der Waals surface area contributed by atoms with E-state index in [1.54, 1.807) is 0 Å². The number of rotatable bonds is 0. The van der Waals surface area contributed by atoms with Crippen LogP contribution < -0.4 is 9.05 Å². The summed E-state index contributed by atoms with van der Waals surface area (Å²) >= 11 is 0. The molecule has 25 heavy (non-hydrogen) atoms. The van der Waals surface area contributed by atoms with Crippen molar-refractivity contribution in [2.75, 3.05) is 0 Å². The summed E-state index contributed by atoms with van der Waals surface area (Å²) in [5.74, 6) is 0.980. The highest BCUT2D eigenvalue weighted by molar-refractivity contribution is 7.48. The average molecular weight is 356 g/mol. The molecule has 0 atom stereocenters. The second-order valence-corrected chi connectivity index (χ2v) is 8.52. The molecular formula is C20H21O4P. The van der Waals surface area contributed by atoms with E-state index in [9.17, 15) is 9.46 Å². The molecule has 0 aromatic heterocycles. The third-order valence-electron chi connectivity index (χ3n) is 5.67. The molecular weight excluding hydrogens is 335 g/mol. The fourth-order valence-electron chi connectivity index (χ4n) is 4.58. The maximum Gasteiger partial charge on any atom is 0.584 e. The molecule has 3 aliphatic rings. The highest BCUT2D eigenvalue weighted by Crippen LogP contribution is 2.57. The minimum Gasteiger partial charge on any atom is -0.395 e. The molecule has 0 radical (unpaired) electrons. The monoisotopic (exact) mass is 356 g/mol. The quantitative estimate of drug-likeness (QED) is 0.676. The maximum atomic E-state index is 12.4. The molecule has 2 aromatic rings. The Morgan fingerprint density at radius 2 is 1.16 bits per heavy atom. The Labute approximate surface area is 147 Å². The van der Waals surface area contributed by atoms with Crippen LogP contribution in [0.15, 0.2) is 24.3 Å². The second kappa shape index (κ2) is 5.62. The van der Waals surface area contributed by atoms with Crippen molar-refractivity contribution in [3.63, 3.8) is 0 Å². The molecule has 1 aliphatic heterocycles. The van der Waals surface area contributed by atoms with Crippen molar-refractivity contribution >= 4 is 7.82 Å². The van der Waals surface area contributed by atoms with Gasteiger partial charge in [0.1, 0.15) is 11.5 Å². The Hall–Kier alpha value is -1.77. The molecule has 4 nitrogen and oxygen atoms in total. The number of hydrogen-bond donors (Lipinski definition) is 1. The van der Waals surface area contributed by atoms with Gasteiger partial charge < -0.3 is 9.05 Å². The van der Waals surface area contributed by atoms with Gasteiger partial charge in [-0.15, -0.1) is 0 Å². The van der Waals surface area contributed by atoms with Crippen molar-refractivity contribution in [1.82, 2.24) is 0 Å². The summed E-state index contributed by atoms with van der Waals surface area (Å²) in [6.07, 6.45) is 8.77. The number of benzene rings is 2. The van der Waals surface area contributed by atoms with E-state index in [2.05, 4.69) is 0 Å². The molecule has 1 heterocycles. The van der Waals surface area contributed by atoms with Gasteiger partial charge in [-0.1, -0.05) is 12.1 Å². The van der Waals surface area contributed by atoms with Gasteiger partial charge in [0, 0.05) is 11.1 Å². The van der Waals surface area contributed by atoms with Crippen LogP contribution in [0.25, 0.3) is 11.1 Å². The first-order valence-electron chi connectivity index (χ1n) is 9.14. The van der Waals surface area contributed by atoms with E-state index < -0.39 is 7.82 Å². The second-order valence-electron chi connectivity index (χ2n) is 7.22. The van der Waals surface area contributed by atoms with Crippen LogP contribution >= 0.6 is 7.82 Å². The first-order chi connectivity index (χ1) is 12.1. The fraction of sp³-hybridized carbons (Fsp3) is 0.400. The maximum absolute atomic E-state index is 12.4. The summed E-state index contributed by atoms with van der Waals surface area (Å²) in [5, 5.41) is 0. The SMILES string of the molecule is O=P1(O)Oc2ccc3c(c2-c2c(ccc4c2CCCC4)O1)CCCC3. The predicted octanol–water partition coefficient (Wildman–Crippen LogP) is 4.98. The molecule has 5 rings (SSSR count). The predicted molar refractivity (Wildman–Crippen MR) is 96.2 cm³/mol. The van der Waals surface area contributed by atoms with Gasteiger partial charge in [-0.25, -0.2) is 4.57 Å². The molecule has 0 bridgehead atoms. The molecule has 0 unspecified atom stereocenters. The van der Waals surface area contributed by atoms with Crippen molar-refractivity contribution in [1.29, 1.82) is 0 Å². The minimum atomic E-state index is -4.17. The van der Waals surface area contributed by atoms with Crippen LogP contribution in [0.1, 0.15) is 47.9 Å². The molecule has 2 aliphatic carbocycles. The summed E-state index contributed by atoms with van der Waals surface area (Å²) < 4.78 is 23.4. The largest absolute Gasteiger partial charge is 0.584 e. The van der Waals surface area contributed by atoms with Gasteiger partial charge in [-0.3, -0.25) is 4.89 Å². The van der Waals surface area contributed by atoms with Crippen molar-refractivity contribution in [2.24, 2.45) is 0 Å². The van der Waals surface area contributed by atoms with E-state index in [1.807, 2.05) is 24.3 Å². The average Bonchev–Trinajstić information content (AvgIpc) is 2.73.